The SMILES string of the molecule is O=C(Cc1c(Cl)cccc1Cl)Nc1cccc(C#Cc2ccccn2)c1. The fraction of sp³-hybridized carbons (Fsp3) is 0.0476. The Morgan fingerprint density at radius 2 is 1.73 bits per heavy atom. The molecule has 5 heteroatoms. The molecule has 3 aromatic rings. The molecule has 128 valence electrons. The highest BCUT2D eigenvalue weighted by Gasteiger charge is 2.11. The van der Waals surface area contributed by atoms with E-state index in [4.69, 9.17) is 23.2 Å². The molecule has 0 aliphatic carbocycles. The number of amides is 1. The van der Waals surface area contributed by atoms with Gasteiger partial charge in [0, 0.05) is 27.5 Å². The third kappa shape index (κ3) is 4.86. The van der Waals surface area contributed by atoms with Crippen LogP contribution in [0.25, 0.3) is 0 Å². The van der Waals surface area contributed by atoms with Gasteiger partial charge in [0.05, 0.1) is 6.42 Å². The Morgan fingerprint density at radius 3 is 2.46 bits per heavy atom. The van der Waals surface area contributed by atoms with Crippen molar-refractivity contribution in [3.05, 3.63) is 93.7 Å². The van der Waals surface area contributed by atoms with Crippen molar-refractivity contribution in [3.8, 4) is 11.8 Å². The molecule has 3 rings (SSSR count). The van der Waals surface area contributed by atoms with Gasteiger partial charge in [-0.25, -0.2) is 4.98 Å². The normalized spacial score (nSPS) is 9.92. The van der Waals surface area contributed by atoms with Crippen molar-refractivity contribution in [1.29, 1.82) is 0 Å². The van der Waals surface area contributed by atoms with Crippen LogP contribution in [0.4, 0.5) is 5.69 Å². The molecule has 0 bridgehead atoms. The van der Waals surface area contributed by atoms with Crippen LogP contribution in [0.3, 0.4) is 0 Å². The predicted molar refractivity (Wildman–Crippen MR) is 105 cm³/mol. The van der Waals surface area contributed by atoms with Gasteiger partial charge in [-0.3, -0.25) is 4.79 Å². The molecule has 26 heavy (non-hydrogen) atoms. The fourth-order valence-corrected chi connectivity index (χ4v) is 2.85. The molecule has 0 saturated heterocycles. The van der Waals surface area contributed by atoms with E-state index >= 15 is 0 Å². The van der Waals surface area contributed by atoms with Gasteiger partial charge >= 0.3 is 0 Å². The largest absolute Gasteiger partial charge is 0.326 e. The molecular formula is C21H14Cl2N2O. The monoisotopic (exact) mass is 380 g/mol. The zero-order valence-corrected chi connectivity index (χ0v) is 15.2. The third-order valence-electron chi connectivity index (χ3n) is 3.55. The quantitative estimate of drug-likeness (QED) is 0.651. The number of pyridine rings is 1. The van der Waals surface area contributed by atoms with E-state index in [-0.39, 0.29) is 12.3 Å². The van der Waals surface area contributed by atoms with Gasteiger partial charge in [-0.15, -0.1) is 0 Å². The van der Waals surface area contributed by atoms with Crippen molar-refractivity contribution in [2.75, 3.05) is 5.32 Å². The predicted octanol–water partition coefficient (Wildman–Crippen LogP) is 4.97. The number of aromatic nitrogens is 1. The molecule has 0 aliphatic rings. The second-order valence-corrected chi connectivity index (χ2v) is 6.29. The summed E-state index contributed by atoms with van der Waals surface area (Å²) in [5.74, 6) is 5.82. The van der Waals surface area contributed by atoms with Gasteiger partial charge < -0.3 is 5.32 Å². The van der Waals surface area contributed by atoms with Gasteiger partial charge in [0.2, 0.25) is 5.91 Å². The molecule has 1 N–H and O–H groups in total. The first-order valence-corrected chi connectivity index (χ1v) is 8.63. The number of anilines is 1. The standard InChI is InChI=1S/C21H14Cl2N2O/c22-19-8-4-9-20(23)18(19)14-21(26)25-17-7-3-5-15(13-17)10-11-16-6-1-2-12-24-16/h1-9,12-13H,14H2,(H,25,26). The zero-order valence-electron chi connectivity index (χ0n) is 13.7. The summed E-state index contributed by atoms with van der Waals surface area (Å²) in [4.78, 5) is 16.5. The molecule has 0 spiro atoms. The second-order valence-electron chi connectivity index (χ2n) is 5.47. The average molecular weight is 381 g/mol. The Kier molecular flexibility index (Phi) is 5.91. The summed E-state index contributed by atoms with van der Waals surface area (Å²) >= 11 is 12.2. The highest BCUT2D eigenvalue weighted by atomic mass is 35.5. The van der Waals surface area contributed by atoms with Crippen molar-refractivity contribution in [3.63, 3.8) is 0 Å². The van der Waals surface area contributed by atoms with Gasteiger partial charge in [-0.2, -0.15) is 0 Å². The first kappa shape index (κ1) is 18.0. The van der Waals surface area contributed by atoms with Gasteiger partial charge in [-0.1, -0.05) is 47.3 Å². The van der Waals surface area contributed by atoms with E-state index < -0.39 is 0 Å². The molecule has 0 saturated carbocycles. The molecule has 0 atom stereocenters. The molecular weight excluding hydrogens is 367 g/mol. The van der Waals surface area contributed by atoms with E-state index in [1.807, 2.05) is 36.4 Å². The van der Waals surface area contributed by atoms with Crippen molar-refractivity contribution in [2.45, 2.75) is 6.42 Å². The van der Waals surface area contributed by atoms with Crippen LogP contribution in [0.2, 0.25) is 10.0 Å². The number of hydrogen-bond donors (Lipinski definition) is 1. The highest BCUT2D eigenvalue weighted by molar-refractivity contribution is 6.36. The molecule has 1 heterocycles. The van der Waals surface area contributed by atoms with E-state index in [0.29, 0.717) is 27.0 Å². The lowest BCUT2D eigenvalue weighted by Crippen LogP contribution is -2.15. The lowest BCUT2D eigenvalue weighted by molar-refractivity contribution is -0.115. The van der Waals surface area contributed by atoms with Crippen molar-refractivity contribution in [2.24, 2.45) is 0 Å². The highest BCUT2D eigenvalue weighted by Crippen LogP contribution is 2.25. The number of carbonyl (C=O) groups excluding carboxylic acids is 1. The number of nitrogens with zero attached hydrogens (tertiary/aromatic N) is 1. The Morgan fingerprint density at radius 1 is 0.962 bits per heavy atom. The van der Waals surface area contributed by atoms with Crippen LogP contribution < -0.4 is 5.32 Å². The minimum atomic E-state index is -0.199. The van der Waals surface area contributed by atoms with E-state index in [1.54, 1.807) is 30.5 Å². The van der Waals surface area contributed by atoms with E-state index in [9.17, 15) is 4.79 Å². The number of carbonyl (C=O) groups is 1. The second kappa shape index (κ2) is 8.53. The zero-order chi connectivity index (χ0) is 18.4. The van der Waals surface area contributed by atoms with Crippen LogP contribution in [0.1, 0.15) is 16.8 Å². The van der Waals surface area contributed by atoms with Crippen LogP contribution in [-0.4, -0.2) is 10.9 Å². The van der Waals surface area contributed by atoms with Gasteiger partial charge in [0.1, 0.15) is 5.69 Å². The van der Waals surface area contributed by atoms with Crippen molar-refractivity contribution < 1.29 is 4.79 Å². The molecule has 3 nitrogen and oxygen atoms in total. The van der Waals surface area contributed by atoms with E-state index in [1.165, 1.54) is 0 Å². The fourth-order valence-electron chi connectivity index (χ4n) is 2.31. The molecule has 0 fully saturated rings. The average Bonchev–Trinajstić information content (AvgIpc) is 2.64. The number of hydrogen-bond acceptors (Lipinski definition) is 2. The van der Waals surface area contributed by atoms with Crippen molar-refractivity contribution in [1.82, 2.24) is 4.98 Å². The Labute approximate surface area is 162 Å². The first-order valence-electron chi connectivity index (χ1n) is 7.88. The number of rotatable bonds is 3. The lowest BCUT2D eigenvalue weighted by atomic mass is 10.1. The summed E-state index contributed by atoms with van der Waals surface area (Å²) in [5, 5.41) is 3.79. The van der Waals surface area contributed by atoms with E-state index in [2.05, 4.69) is 22.1 Å². The summed E-state index contributed by atoms with van der Waals surface area (Å²) < 4.78 is 0. The Balaban J connectivity index is 1.71. The van der Waals surface area contributed by atoms with E-state index in [0.717, 1.165) is 5.56 Å². The molecule has 0 unspecified atom stereocenters. The number of nitrogens with one attached hydrogen (secondary N) is 1. The maximum Gasteiger partial charge on any atom is 0.228 e. The summed E-state index contributed by atoms with van der Waals surface area (Å²) in [6, 6.07) is 18.0. The van der Waals surface area contributed by atoms with Crippen LogP contribution in [0, 0.1) is 11.8 Å². The maximum absolute atomic E-state index is 12.3. The van der Waals surface area contributed by atoms with Crippen LogP contribution in [0.15, 0.2) is 66.9 Å². The lowest BCUT2D eigenvalue weighted by Gasteiger charge is -2.08. The Hall–Kier alpha value is -2.80. The number of halogens is 2. The van der Waals surface area contributed by atoms with Crippen LogP contribution >= 0.6 is 23.2 Å². The first-order chi connectivity index (χ1) is 12.6. The summed E-state index contributed by atoms with van der Waals surface area (Å²) in [6.07, 6.45) is 1.79. The smallest absolute Gasteiger partial charge is 0.228 e. The molecule has 1 aromatic heterocycles. The third-order valence-corrected chi connectivity index (χ3v) is 4.25. The molecule has 0 radical (unpaired) electrons. The minimum absolute atomic E-state index is 0.0996. The molecule has 1 amide bonds. The summed E-state index contributed by atoms with van der Waals surface area (Å²) in [5.41, 5.74) is 2.74. The van der Waals surface area contributed by atoms with Crippen LogP contribution in [0.5, 0.6) is 0 Å². The van der Waals surface area contributed by atoms with Crippen molar-refractivity contribution >= 4 is 34.8 Å². The van der Waals surface area contributed by atoms with Gasteiger partial charge in [-0.05, 0) is 53.9 Å². The summed E-state index contributed by atoms with van der Waals surface area (Å²) in [7, 11) is 0. The topological polar surface area (TPSA) is 42.0 Å². The minimum Gasteiger partial charge on any atom is -0.326 e. The summed E-state index contributed by atoms with van der Waals surface area (Å²) in [6.45, 7) is 0. The maximum atomic E-state index is 12.3. The van der Waals surface area contributed by atoms with Gasteiger partial charge in [0.15, 0.2) is 0 Å². The molecule has 2 aromatic carbocycles. The van der Waals surface area contributed by atoms with Crippen LogP contribution in [-0.2, 0) is 11.2 Å². The number of benzene rings is 2. The Bertz CT molecular complexity index is 971. The molecule has 0 aliphatic heterocycles. The van der Waals surface area contributed by atoms with Gasteiger partial charge in [0.25, 0.3) is 0 Å².